The van der Waals surface area contributed by atoms with E-state index in [1.54, 1.807) is 5.57 Å². The zero-order valence-electron chi connectivity index (χ0n) is 10.3. The number of aliphatic hydroxyl groups excluding tert-OH is 1. The quantitative estimate of drug-likeness (QED) is 0.706. The zero-order valence-corrected chi connectivity index (χ0v) is 10.3. The van der Waals surface area contributed by atoms with E-state index in [1.807, 2.05) is 6.92 Å². The Morgan fingerprint density at radius 2 is 2.25 bits per heavy atom. The summed E-state index contributed by atoms with van der Waals surface area (Å²) in [4.78, 5) is 0. The fraction of sp³-hybridized carbons (Fsp3) is 0.733. The first-order valence-corrected chi connectivity index (χ1v) is 6.72. The third kappa shape index (κ3) is 1.48. The Bertz CT molecular complexity index is 339. The molecule has 1 heteroatoms. The highest BCUT2D eigenvalue weighted by Gasteiger charge is 2.49. The van der Waals surface area contributed by atoms with Gasteiger partial charge in [0.25, 0.3) is 0 Å². The minimum absolute atomic E-state index is 0.207. The number of hydrogen-bond donors (Lipinski definition) is 1. The molecule has 0 heterocycles. The summed E-state index contributed by atoms with van der Waals surface area (Å²) in [6.07, 6.45) is 11.0. The monoisotopic (exact) mass is 218 g/mol. The summed E-state index contributed by atoms with van der Waals surface area (Å²) in [6.45, 7) is 4.03. The van der Waals surface area contributed by atoms with Crippen LogP contribution in [0.25, 0.3) is 0 Å². The minimum Gasteiger partial charge on any atom is -0.393 e. The molecule has 3 aliphatic carbocycles. The van der Waals surface area contributed by atoms with Crippen LogP contribution >= 0.6 is 0 Å². The molecule has 6 atom stereocenters. The summed E-state index contributed by atoms with van der Waals surface area (Å²) in [7, 11) is 0. The molecule has 1 N–H and O–H groups in total. The molecule has 0 saturated heterocycles. The second-order valence-electron chi connectivity index (χ2n) is 6.05. The lowest BCUT2D eigenvalue weighted by Crippen LogP contribution is -2.20. The van der Waals surface area contributed by atoms with Crippen molar-refractivity contribution in [2.75, 3.05) is 0 Å². The fourth-order valence-corrected chi connectivity index (χ4v) is 4.05. The Balaban J connectivity index is 1.79. The van der Waals surface area contributed by atoms with Crippen LogP contribution in [-0.2, 0) is 0 Å². The lowest BCUT2D eigenvalue weighted by Gasteiger charge is -2.27. The van der Waals surface area contributed by atoms with Crippen LogP contribution in [0.2, 0.25) is 0 Å². The van der Waals surface area contributed by atoms with Crippen LogP contribution in [0.1, 0.15) is 33.1 Å². The van der Waals surface area contributed by atoms with E-state index in [-0.39, 0.29) is 6.10 Å². The van der Waals surface area contributed by atoms with Gasteiger partial charge in [-0.05, 0) is 55.8 Å². The summed E-state index contributed by atoms with van der Waals surface area (Å²) in [5.41, 5.74) is 1.64. The molecule has 2 saturated carbocycles. The molecule has 16 heavy (non-hydrogen) atoms. The Morgan fingerprint density at radius 3 is 3.00 bits per heavy atom. The smallest absolute Gasteiger partial charge is 0.0572 e. The molecule has 88 valence electrons. The van der Waals surface area contributed by atoms with Gasteiger partial charge in [-0.2, -0.15) is 0 Å². The van der Waals surface area contributed by atoms with Gasteiger partial charge in [0.1, 0.15) is 0 Å². The van der Waals surface area contributed by atoms with E-state index in [0.717, 1.165) is 23.7 Å². The van der Waals surface area contributed by atoms with Crippen LogP contribution in [0.15, 0.2) is 23.8 Å². The summed E-state index contributed by atoms with van der Waals surface area (Å²) < 4.78 is 0. The van der Waals surface area contributed by atoms with Crippen LogP contribution in [0.3, 0.4) is 0 Å². The van der Waals surface area contributed by atoms with Gasteiger partial charge in [-0.1, -0.05) is 30.7 Å². The van der Waals surface area contributed by atoms with Crippen molar-refractivity contribution in [2.24, 2.45) is 29.6 Å². The number of allylic oxidation sites excluding steroid dienone is 3. The molecule has 2 bridgehead atoms. The lowest BCUT2D eigenvalue weighted by atomic mass is 9.78. The number of rotatable bonds is 2. The van der Waals surface area contributed by atoms with Gasteiger partial charge < -0.3 is 5.11 Å². The average molecular weight is 218 g/mol. The lowest BCUT2D eigenvalue weighted by molar-refractivity contribution is 0.156. The Morgan fingerprint density at radius 1 is 1.44 bits per heavy atom. The van der Waals surface area contributed by atoms with Gasteiger partial charge in [-0.25, -0.2) is 0 Å². The summed E-state index contributed by atoms with van der Waals surface area (Å²) >= 11 is 0. The largest absolute Gasteiger partial charge is 0.393 e. The van der Waals surface area contributed by atoms with E-state index in [1.165, 1.54) is 19.3 Å². The third-order valence-corrected chi connectivity index (χ3v) is 5.10. The molecule has 3 rings (SSSR count). The molecular weight excluding hydrogens is 196 g/mol. The first kappa shape index (κ1) is 10.6. The fourth-order valence-electron chi connectivity index (χ4n) is 4.05. The molecule has 0 aromatic carbocycles. The van der Waals surface area contributed by atoms with E-state index in [9.17, 15) is 5.11 Å². The Kier molecular flexibility index (Phi) is 2.47. The topological polar surface area (TPSA) is 20.2 Å². The van der Waals surface area contributed by atoms with Crippen molar-refractivity contribution in [1.29, 1.82) is 0 Å². The van der Waals surface area contributed by atoms with Crippen molar-refractivity contribution >= 4 is 0 Å². The summed E-state index contributed by atoms with van der Waals surface area (Å²) in [5.74, 6) is 3.88. The molecule has 0 amide bonds. The maximum Gasteiger partial charge on any atom is 0.0572 e. The predicted molar refractivity (Wildman–Crippen MR) is 65.9 cm³/mol. The normalized spacial score (nSPS) is 46.3. The maximum atomic E-state index is 9.58. The molecule has 0 aromatic rings. The van der Waals surface area contributed by atoms with E-state index in [2.05, 4.69) is 25.2 Å². The second kappa shape index (κ2) is 3.73. The van der Waals surface area contributed by atoms with Gasteiger partial charge in [0.2, 0.25) is 0 Å². The highest BCUT2D eigenvalue weighted by molar-refractivity contribution is 5.27. The van der Waals surface area contributed by atoms with Gasteiger partial charge in [-0.3, -0.25) is 0 Å². The van der Waals surface area contributed by atoms with Gasteiger partial charge in [0.15, 0.2) is 0 Å². The van der Waals surface area contributed by atoms with Crippen molar-refractivity contribution in [2.45, 2.75) is 39.2 Å². The summed E-state index contributed by atoms with van der Waals surface area (Å²) in [5, 5.41) is 9.58. The number of hydrogen-bond acceptors (Lipinski definition) is 1. The van der Waals surface area contributed by atoms with Crippen LogP contribution in [0.4, 0.5) is 0 Å². The molecule has 0 aromatic heterocycles. The van der Waals surface area contributed by atoms with E-state index < -0.39 is 0 Å². The van der Waals surface area contributed by atoms with E-state index in [4.69, 9.17) is 0 Å². The molecule has 1 nitrogen and oxygen atoms in total. The molecule has 0 unspecified atom stereocenters. The van der Waals surface area contributed by atoms with Crippen molar-refractivity contribution in [3.8, 4) is 0 Å². The second-order valence-corrected chi connectivity index (χ2v) is 6.05. The van der Waals surface area contributed by atoms with E-state index >= 15 is 0 Å². The highest BCUT2D eigenvalue weighted by atomic mass is 16.3. The molecule has 0 spiro atoms. The van der Waals surface area contributed by atoms with Crippen molar-refractivity contribution in [1.82, 2.24) is 0 Å². The number of aliphatic hydroxyl groups is 1. The van der Waals surface area contributed by atoms with Gasteiger partial charge >= 0.3 is 0 Å². The third-order valence-electron chi connectivity index (χ3n) is 5.10. The van der Waals surface area contributed by atoms with Gasteiger partial charge in [0.05, 0.1) is 6.10 Å². The van der Waals surface area contributed by atoms with Crippen LogP contribution < -0.4 is 0 Å². The van der Waals surface area contributed by atoms with Gasteiger partial charge in [0, 0.05) is 0 Å². The minimum atomic E-state index is -0.207. The number of fused-ring (bicyclic) bond motifs is 5. The van der Waals surface area contributed by atoms with E-state index in [0.29, 0.717) is 5.92 Å². The van der Waals surface area contributed by atoms with Crippen LogP contribution in [0.5, 0.6) is 0 Å². The maximum absolute atomic E-state index is 9.58. The highest BCUT2D eigenvalue weighted by Crippen LogP contribution is 2.58. The van der Waals surface area contributed by atoms with Crippen molar-refractivity contribution in [3.05, 3.63) is 23.8 Å². The molecule has 3 aliphatic rings. The Hall–Kier alpha value is -0.560. The van der Waals surface area contributed by atoms with Crippen molar-refractivity contribution < 1.29 is 5.11 Å². The first-order valence-electron chi connectivity index (χ1n) is 6.72. The molecule has 0 radical (unpaired) electrons. The molecule has 0 aliphatic heterocycles. The average Bonchev–Trinajstić information content (AvgIpc) is 2.87. The molecule has 2 fully saturated rings. The van der Waals surface area contributed by atoms with Crippen LogP contribution in [-0.4, -0.2) is 11.2 Å². The zero-order chi connectivity index (χ0) is 11.3. The summed E-state index contributed by atoms with van der Waals surface area (Å²) in [6, 6.07) is 0. The SMILES string of the molecule is C[C@H](O)[C@@H](C)C=C1C[C@@H]2C[C@H]1[C@H]1C=CC[C@@H]21. The predicted octanol–water partition coefficient (Wildman–Crippen LogP) is 3.16. The van der Waals surface area contributed by atoms with Crippen LogP contribution in [0, 0.1) is 29.6 Å². The van der Waals surface area contributed by atoms with Crippen molar-refractivity contribution in [3.63, 3.8) is 0 Å². The van der Waals surface area contributed by atoms with Gasteiger partial charge in [-0.15, -0.1) is 0 Å². The standard InChI is InChI=1S/C15H22O/c1-9(10(2)16)6-11-7-12-8-15(11)14-5-3-4-13(12)14/h3,5-6,9-10,12-16H,4,7-8H2,1-2H3/t9-,10-,12+,13-,14-,15+/m0/s1. The first-order chi connectivity index (χ1) is 7.66. The molecular formula is C15H22O. The Labute approximate surface area is 98.2 Å².